The van der Waals surface area contributed by atoms with E-state index < -0.39 is 0 Å². The van der Waals surface area contributed by atoms with Crippen LogP contribution < -0.4 is 15.2 Å². The van der Waals surface area contributed by atoms with Gasteiger partial charge in [0.1, 0.15) is 5.75 Å². The largest absolute Gasteiger partial charge is 0.493 e. The Morgan fingerprint density at radius 2 is 1.90 bits per heavy atom. The average Bonchev–Trinajstić information content (AvgIpc) is 2.44. The molecular weight excluding hydrogens is 318 g/mol. The van der Waals surface area contributed by atoms with E-state index in [1.54, 1.807) is 7.11 Å². The number of rotatable bonds is 5. The number of nitrogens with two attached hydrogens (primary N) is 1. The predicted octanol–water partition coefficient (Wildman–Crippen LogP) is 4.06. The Labute approximate surface area is 127 Å². The zero-order chi connectivity index (χ0) is 14.5. The molecule has 2 aromatic rings. The molecule has 0 radical (unpaired) electrons. The van der Waals surface area contributed by atoms with Crippen molar-refractivity contribution >= 4 is 15.9 Å². The number of benzene rings is 2. The summed E-state index contributed by atoms with van der Waals surface area (Å²) >= 11 is 3.54. The molecule has 2 rings (SSSR count). The number of hydrogen-bond donors (Lipinski definition) is 1. The highest BCUT2D eigenvalue weighted by Crippen LogP contribution is 2.33. The smallest absolute Gasteiger partial charge is 0.169 e. The van der Waals surface area contributed by atoms with Gasteiger partial charge in [0, 0.05) is 4.47 Å². The van der Waals surface area contributed by atoms with Crippen LogP contribution in [-0.4, -0.2) is 13.7 Å². The van der Waals surface area contributed by atoms with Gasteiger partial charge in [0.05, 0.1) is 7.11 Å². The van der Waals surface area contributed by atoms with Crippen molar-refractivity contribution in [2.45, 2.75) is 13.3 Å². The normalized spacial score (nSPS) is 10.4. The van der Waals surface area contributed by atoms with Gasteiger partial charge in [0.15, 0.2) is 11.5 Å². The molecule has 0 saturated heterocycles. The molecule has 0 amide bonds. The number of halogens is 1. The molecule has 2 aromatic carbocycles. The Balaban J connectivity index is 2.24. The van der Waals surface area contributed by atoms with Gasteiger partial charge in [-0.15, -0.1) is 0 Å². The fourth-order valence-corrected chi connectivity index (χ4v) is 2.49. The van der Waals surface area contributed by atoms with Crippen molar-refractivity contribution in [2.75, 3.05) is 13.7 Å². The molecule has 0 fully saturated rings. The minimum Gasteiger partial charge on any atom is -0.493 e. The first-order valence-corrected chi connectivity index (χ1v) is 7.24. The lowest BCUT2D eigenvalue weighted by atomic mass is 10.1. The maximum atomic E-state index is 5.88. The van der Waals surface area contributed by atoms with Crippen molar-refractivity contribution in [1.82, 2.24) is 0 Å². The summed E-state index contributed by atoms with van der Waals surface area (Å²) in [6.07, 6.45) is 0.842. The molecule has 0 aliphatic rings. The first-order valence-electron chi connectivity index (χ1n) is 6.45. The number of ether oxygens (including phenoxy) is 2. The van der Waals surface area contributed by atoms with Crippen molar-refractivity contribution in [3.8, 4) is 17.2 Å². The Morgan fingerprint density at radius 1 is 1.10 bits per heavy atom. The topological polar surface area (TPSA) is 44.5 Å². The van der Waals surface area contributed by atoms with Crippen molar-refractivity contribution in [1.29, 1.82) is 0 Å². The number of hydrogen-bond acceptors (Lipinski definition) is 3. The molecule has 0 atom stereocenters. The van der Waals surface area contributed by atoms with Gasteiger partial charge in [-0.1, -0.05) is 28.1 Å². The molecule has 106 valence electrons. The van der Waals surface area contributed by atoms with Gasteiger partial charge in [0.2, 0.25) is 0 Å². The summed E-state index contributed by atoms with van der Waals surface area (Å²) in [5.74, 6) is 2.20. The molecule has 0 spiro atoms. The SMILES string of the molecule is COc1cc(C)ccc1Oc1ccc(CCN)c(Br)c1. The lowest BCUT2D eigenvalue weighted by Crippen LogP contribution is -2.03. The van der Waals surface area contributed by atoms with Gasteiger partial charge in [-0.05, 0) is 55.3 Å². The minimum absolute atomic E-state index is 0.630. The van der Waals surface area contributed by atoms with E-state index in [0.29, 0.717) is 12.3 Å². The second kappa shape index (κ2) is 6.77. The fraction of sp³-hybridized carbons (Fsp3) is 0.250. The molecule has 0 aliphatic heterocycles. The summed E-state index contributed by atoms with van der Waals surface area (Å²) in [7, 11) is 1.64. The van der Waals surface area contributed by atoms with E-state index in [0.717, 1.165) is 28.0 Å². The summed E-state index contributed by atoms with van der Waals surface area (Å²) in [6.45, 7) is 2.65. The van der Waals surface area contributed by atoms with Crippen LogP contribution in [0, 0.1) is 6.92 Å². The van der Waals surface area contributed by atoms with Crippen LogP contribution >= 0.6 is 15.9 Å². The number of methoxy groups -OCH3 is 1. The molecule has 0 heterocycles. The first-order chi connectivity index (χ1) is 9.63. The van der Waals surface area contributed by atoms with Crippen LogP contribution in [0.3, 0.4) is 0 Å². The van der Waals surface area contributed by atoms with Crippen molar-refractivity contribution in [3.05, 3.63) is 52.0 Å². The highest BCUT2D eigenvalue weighted by Gasteiger charge is 2.07. The summed E-state index contributed by atoms with van der Waals surface area (Å²) < 4.78 is 12.2. The molecule has 20 heavy (non-hydrogen) atoms. The third kappa shape index (κ3) is 3.52. The third-order valence-corrected chi connectivity index (χ3v) is 3.72. The van der Waals surface area contributed by atoms with Crippen LogP contribution in [0.1, 0.15) is 11.1 Å². The highest BCUT2D eigenvalue weighted by molar-refractivity contribution is 9.10. The van der Waals surface area contributed by atoms with E-state index in [1.165, 1.54) is 5.56 Å². The second-order valence-electron chi connectivity index (χ2n) is 4.55. The Hall–Kier alpha value is -1.52. The molecule has 4 heteroatoms. The zero-order valence-electron chi connectivity index (χ0n) is 11.7. The molecule has 0 saturated carbocycles. The maximum Gasteiger partial charge on any atom is 0.169 e. The molecule has 0 bridgehead atoms. The molecule has 3 nitrogen and oxygen atoms in total. The third-order valence-electron chi connectivity index (χ3n) is 2.99. The molecular formula is C16H18BrNO2. The zero-order valence-corrected chi connectivity index (χ0v) is 13.2. The van der Waals surface area contributed by atoms with Crippen LogP contribution in [0.5, 0.6) is 17.2 Å². The summed E-state index contributed by atoms with van der Waals surface area (Å²) in [5.41, 5.74) is 7.88. The van der Waals surface area contributed by atoms with Crippen LogP contribution in [0.25, 0.3) is 0 Å². The second-order valence-corrected chi connectivity index (χ2v) is 5.40. The summed E-state index contributed by atoms with van der Waals surface area (Å²) in [4.78, 5) is 0. The van der Waals surface area contributed by atoms with Gasteiger partial charge >= 0.3 is 0 Å². The molecule has 0 aliphatic carbocycles. The van der Waals surface area contributed by atoms with E-state index in [-0.39, 0.29) is 0 Å². The Morgan fingerprint density at radius 3 is 2.55 bits per heavy atom. The van der Waals surface area contributed by atoms with Crippen LogP contribution in [0.2, 0.25) is 0 Å². The predicted molar refractivity (Wildman–Crippen MR) is 84.7 cm³/mol. The standard InChI is InChI=1S/C16H18BrNO2/c1-11-3-6-15(16(9-11)19-2)20-13-5-4-12(7-8-18)14(17)10-13/h3-6,9-10H,7-8,18H2,1-2H3. The monoisotopic (exact) mass is 335 g/mol. The summed E-state index contributed by atoms with van der Waals surface area (Å²) in [6, 6.07) is 11.8. The van der Waals surface area contributed by atoms with Crippen LogP contribution in [0.15, 0.2) is 40.9 Å². The fourth-order valence-electron chi connectivity index (χ4n) is 1.94. The van der Waals surface area contributed by atoms with E-state index in [9.17, 15) is 0 Å². The van der Waals surface area contributed by atoms with Gasteiger partial charge in [-0.3, -0.25) is 0 Å². The van der Waals surface area contributed by atoms with E-state index in [2.05, 4.69) is 15.9 Å². The summed E-state index contributed by atoms with van der Waals surface area (Å²) in [5, 5.41) is 0. The van der Waals surface area contributed by atoms with E-state index in [4.69, 9.17) is 15.2 Å². The Kier molecular flexibility index (Phi) is 5.04. The van der Waals surface area contributed by atoms with Gasteiger partial charge in [-0.25, -0.2) is 0 Å². The quantitative estimate of drug-likeness (QED) is 0.896. The van der Waals surface area contributed by atoms with Crippen molar-refractivity contribution < 1.29 is 9.47 Å². The van der Waals surface area contributed by atoms with Crippen molar-refractivity contribution in [3.63, 3.8) is 0 Å². The van der Waals surface area contributed by atoms with Crippen LogP contribution in [0.4, 0.5) is 0 Å². The van der Waals surface area contributed by atoms with Gasteiger partial charge in [-0.2, -0.15) is 0 Å². The maximum absolute atomic E-state index is 5.88. The lowest BCUT2D eigenvalue weighted by molar-refractivity contribution is 0.378. The van der Waals surface area contributed by atoms with E-state index >= 15 is 0 Å². The Bertz CT molecular complexity index is 599. The molecule has 2 N–H and O–H groups in total. The van der Waals surface area contributed by atoms with Crippen LogP contribution in [-0.2, 0) is 6.42 Å². The minimum atomic E-state index is 0.630. The van der Waals surface area contributed by atoms with Crippen molar-refractivity contribution in [2.24, 2.45) is 5.73 Å². The molecule has 0 unspecified atom stereocenters. The first kappa shape index (κ1) is 14.9. The lowest BCUT2D eigenvalue weighted by Gasteiger charge is -2.12. The average molecular weight is 336 g/mol. The molecule has 0 aromatic heterocycles. The number of aryl methyl sites for hydroxylation is 1. The van der Waals surface area contributed by atoms with E-state index in [1.807, 2.05) is 43.3 Å². The van der Waals surface area contributed by atoms with Gasteiger partial charge in [0.25, 0.3) is 0 Å². The van der Waals surface area contributed by atoms with Gasteiger partial charge < -0.3 is 15.2 Å². The highest BCUT2D eigenvalue weighted by atomic mass is 79.9.